The van der Waals surface area contributed by atoms with Gasteiger partial charge in [-0.3, -0.25) is 4.68 Å². The van der Waals surface area contributed by atoms with Crippen molar-refractivity contribution in [2.75, 3.05) is 5.73 Å². The van der Waals surface area contributed by atoms with Crippen LogP contribution in [0.15, 0.2) is 30.6 Å². The van der Waals surface area contributed by atoms with Gasteiger partial charge in [0.05, 0.1) is 24.0 Å². The van der Waals surface area contributed by atoms with Crippen molar-refractivity contribution in [3.8, 4) is 6.07 Å². The third kappa shape index (κ3) is 1.86. The van der Waals surface area contributed by atoms with Crippen LogP contribution in [0.1, 0.15) is 11.1 Å². The predicted octanol–water partition coefficient (Wildman–Crippen LogP) is 1.52. The summed E-state index contributed by atoms with van der Waals surface area (Å²) in [5.41, 5.74) is 6.48. The molecule has 0 aliphatic rings. The fraction of sp³-hybridized carbons (Fsp3) is 0.0909. The first kappa shape index (κ1) is 10.2. The SMILES string of the molecule is N#Cc1cccc(Cn2cc(N)cn2)c1F. The molecule has 0 saturated heterocycles. The van der Waals surface area contributed by atoms with Crippen molar-refractivity contribution >= 4 is 5.69 Å². The normalized spacial score (nSPS) is 10.0. The topological polar surface area (TPSA) is 67.6 Å². The molecule has 2 N–H and O–H groups in total. The van der Waals surface area contributed by atoms with Gasteiger partial charge in [0.25, 0.3) is 0 Å². The van der Waals surface area contributed by atoms with Gasteiger partial charge in [0, 0.05) is 11.8 Å². The summed E-state index contributed by atoms with van der Waals surface area (Å²) in [6.45, 7) is 0.262. The molecule has 0 atom stereocenters. The molecule has 1 heterocycles. The van der Waals surface area contributed by atoms with E-state index in [0.717, 1.165) is 0 Å². The van der Waals surface area contributed by atoms with Gasteiger partial charge in [-0.15, -0.1) is 0 Å². The number of hydrogen-bond acceptors (Lipinski definition) is 3. The molecule has 0 aliphatic heterocycles. The summed E-state index contributed by atoms with van der Waals surface area (Å²) >= 11 is 0. The lowest BCUT2D eigenvalue weighted by atomic mass is 10.1. The quantitative estimate of drug-likeness (QED) is 0.827. The molecular formula is C11H9FN4. The first-order valence-electron chi connectivity index (χ1n) is 4.66. The number of aromatic nitrogens is 2. The number of nitriles is 1. The van der Waals surface area contributed by atoms with E-state index in [0.29, 0.717) is 11.3 Å². The molecule has 0 bridgehead atoms. The first-order valence-corrected chi connectivity index (χ1v) is 4.66. The van der Waals surface area contributed by atoms with Crippen molar-refractivity contribution in [2.45, 2.75) is 6.54 Å². The van der Waals surface area contributed by atoms with Crippen molar-refractivity contribution in [3.05, 3.63) is 47.5 Å². The van der Waals surface area contributed by atoms with Gasteiger partial charge >= 0.3 is 0 Å². The molecule has 2 aromatic rings. The second kappa shape index (κ2) is 4.03. The largest absolute Gasteiger partial charge is 0.396 e. The maximum Gasteiger partial charge on any atom is 0.146 e. The Balaban J connectivity index is 2.32. The Morgan fingerprint density at radius 3 is 2.94 bits per heavy atom. The lowest BCUT2D eigenvalue weighted by Gasteiger charge is -2.04. The average molecular weight is 216 g/mol. The van der Waals surface area contributed by atoms with E-state index in [2.05, 4.69) is 5.10 Å². The van der Waals surface area contributed by atoms with Gasteiger partial charge in [0.15, 0.2) is 0 Å². The van der Waals surface area contributed by atoms with Crippen LogP contribution in [0.5, 0.6) is 0 Å². The lowest BCUT2D eigenvalue weighted by molar-refractivity contribution is 0.582. The minimum absolute atomic E-state index is 0.0395. The van der Waals surface area contributed by atoms with Crippen molar-refractivity contribution in [3.63, 3.8) is 0 Å². The Morgan fingerprint density at radius 1 is 1.50 bits per heavy atom. The monoisotopic (exact) mass is 216 g/mol. The number of halogens is 1. The Kier molecular flexibility index (Phi) is 2.56. The van der Waals surface area contributed by atoms with E-state index in [4.69, 9.17) is 11.0 Å². The summed E-state index contributed by atoms with van der Waals surface area (Å²) in [7, 11) is 0. The second-order valence-corrected chi connectivity index (χ2v) is 3.36. The number of rotatable bonds is 2. The van der Waals surface area contributed by atoms with Crippen LogP contribution in [0.3, 0.4) is 0 Å². The molecular weight excluding hydrogens is 207 g/mol. The predicted molar refractivity (Wildman–Crippen MR) is 56.9 cm³/mol. The highest BCUT2D eigenvalue weighted by atomic mass is 19.1. The van der Waals surface area contributed by atoms with Crippen LogP contribution in [0.25, 0.3) is 0 Å². The minimum Gasteiger partial charge on any atom is -0.396 e. The molecule has 5 heteroatoms. The maximum atomic E-state index is 13.7. The van der Waals surface area contributed by atoms with Crippen LogP contribution >= 0.6 is 0 Å². The number of anilines is 1. The van der Waals surface area contributed by atoms with E-state index >= 15 is 0 Å². The van der Waals surface area contributed by atoms with Crippen LogP contribution < -0.4 is 5.73 Å². The van der Waals surface area contributed by atoms with Crippen molar-refractivity contribution in [2.24, 2.45) is 0 Å². The number of nitrogens with zero attached hydrogens (tertiary/aromatic N) is 3. The van der Waals surface area contributed by atoms with E-state index < -0.39 is 5.82 Å². The molecule has 0 unspecified atom stereocenters. The molecule has 1 aromatic heterocycles. The van der Waals surface area contributed by atoms with E-state index in [1.54, 1.807) is 24.4 Å². The number of nitrogens with two attached hydrogens (primary N) is 1. The molecule has 0 fully saturated rings. The number of nitrogen functional groups attached to an aromatic ring is 1. The molecule has 4 nitrogen and oxygen atoms in total. The van der Waals surface area contributed by atoms with Gasteiger partial charge in [-0.1, -0.05) is 12.1 Å². The highest BCUT2D eigenvalue weighted by molar-refractivity contribution is 5.35. The fourth-order valence-electron chi connectivity index (χ4n) is 1.43. The van der Waals surface area contributed by atoms with Crippen LogP contribution in [-0.4, -0.2) is 9.78 Å². The Morgan fingerprint density at radius 2 is 2.31 bits per heavy atom. The number of benzene rings is 1. The third-order valence-corrected chi connectivity index (χ3v) is 2.18. The zero-order valence-electron chi connectivity index (χ0n) is 8.39. The number of hydrogen-bond donors (Lipinski definition) is 1. The van der Waals surface area contributed by atoms with Crippen molar-refractivity contribution < 1.29 is 4.39 Å². The first-order chi connectivity index (χ1) is 7.70. The highest BCUT2D eigenvalue weighted by Gasteiger charge is 2.08. The molecule has 2 rings (SSSR count). The van der Waals surface area contributed by atoms with Crippen LogP contribution in [0.2, 0.25) is 0 Å². The van der Waals surface area contributed by atoms with Gasteiger partial charge in [-0.2, -0.15) is 10.4 Å². The molecule has 16 heavy (non-hydrogen) atoms. The van der Waals surface area contributed by atoms with E-state index in [9.17, 15) is 4.39 Å². The van der Waals surface area contributed by atoms with E-state index in [1.165, 1.54) is 16.9 Å². The molecule has 1 aromatic carbocycles. The maximum absolute atomic E-state index is 13.7. The van der Waals surface area contributed by atoms with Gasteiger partial charge in [0.1, 0.15) is 11.9 Å². The van der Waals surface area contributed by atoms with Crippen molar-refractivity contribution in [1.82, 2.24) is 9.78 Å². The molecule has 0 amide bonds. The van der Waals surface area contributed by atoms with E-state index in [-0.39, 0.29) is 12.1 Å². The summed E-state index contributed by atoms with van der Waals surface area (Å²) in [4.78, 5) is 0. The smallest absolute Gasteiger partial charge is 0.146 e. The zero-order chi connectivity index (χ0) is 11.5. The van der Waals surface area contributed by atoms with Crippen LogP contribution in [-0.2, 0) is 6.54 Å². The minimum atomic E-state index is -0.501. The van der Waals surface area contributed by atoms with Crippen LogP contribution in [0.4, 0.5) is 10.1 Å². The van der Waals surface area contributed by atoms with Gasteiger partial charge in [-0.05, 0) is 6.07 Å². The molecule has 0 saturated carbocycles. The molecule has 0 radical (unpaired) electrons. The summed E-state index contributed by atoms with van der Waals surface area (Å²) in [6, 6.07) is 6.50. The molecule has 0 spiro atoms. The van der Waals surface area contributed by atoms with Crippen LogP contribution in [0, 0.1) is 17.1 Å². The third-order valence-electron chi connectivity index (χ3n) is 2.18. The second-order valence-electron chi connectivity index (χ2n) is 3.36. The lowest BCUT2D eigenvalue weighted by Crippen LogP contribution is -2.03. The molecule has 80 valence electrons. The fourth-order valence-corrected chi connectivity index (χ4v) is 1.43. The summed E-state index contributed by atoms with van der Waals surface area (Å²) < 4.78 is 15.2. The summed E-state index contributed by atoms with van der Waals surface area (Å²) in [5, 5.41) is 12.6. The zero-order valence-corrected chi connectivity index (χ0v) is 8.39. The van der Waals surface area contributed by atoms with Crippen molar-refractivity contribution in [1.29, 1.82) is 5.26 Å². The highest BCUT2D eigenvalue weighted by Crippen LogP contribution is 2.13. The summed E-state index contributed by atoms with van der Waals surface area (Å²) in [6.07, 6.45) is 3.10. The van der Waals surface area contributed by atoms with Gasteiger partial charge in [-0.25, -0.2) is 4.39 Å². The van der Waals surface area contributed by atoms with E-state index in [1.807, 2.05) is 0 Å². The average Bonchev–Trinajstić information content (AvgIpc) is 2.67. The summed E-state index contributed by atoms with van der Waals surface area (Å²) in [5.74, 6) is -0.501. The van der Waals surface area contributed by atoms with Gasteiger partial charge < -0.3 is 5.73 Å². The molecule has 0 aliphatic carbocycles. The Hall–Kier alpha value is -2.35. The Labute approximate surface area is 91.7 Å². The standard InChI is InChI=1S/C11H9FN4/c12-11-8(4-13)2-1-3-9(11)6-16-7-10(14)5-15-16/h1-3,5,7H,6,14H2. The Bertz CT molecular complexity index is 553. The van der Waals surface area contributed by atoms with Gasteiger partial charge in [0.2, 0.25) is 0 Å².